The summed E-state index contributed by atoms with van der Waals surface area (Å²) in [5, 5.41) is 3.02. The maximum atomic E-state index is 11.8. The minimum absolute atomic E-state index is 0.0245. The van der Waals surface area contributed by atoms with E-state index in [1.165, 1.54) is 25.7 Å². The van der Waals surface area contributed by atoms with Crippen LogP contribution in [0.2, 0.25) is 0 Å². The van der Waals surface area contributed by atoms with Crippen LogP contribution in [-0.2, 0) is 4.79 Å². The van der Waals surface area contributed by atoms with E-state index in [2.05, 4.69) is 26.1 Å². The Morgan fingerprint density at radius 1 is 1.35 bits per heavy atom. The highest BCUT2D eigenvalue weighted by atomic mass is 16.2. The van der Waals surface area contributed by atoms with Crippen molar-refractivity contribution in [3.05, 3.63) is 0 Å². The van der Waals surface area contributed by atoms with Gasteiger partial charge in [-0.1, -0.05) is 40.0 Å². The first-order valence-corrected chi connectivity index (χ1v) is 7.04. The van der Waals surface area contributed by atoms with Crippen LogP contribution < -0.4 is 11.1 Å². The first-order chi connectivity index (χ1) is 8.00. The summed E-state index contributed by atoms with van der Waals surface area (Å²) in [5.74, 6) is 1.89. The molecule has 1 fully saturated rings. The molecular weight excluding hydrogens is 212 g/mol. The van der Waals surface area contributed by atoms with Gasteiger partial charge >= 0.3 is 0 Å². The van der Waals surface area contributed by atoms with E-state index in [-0.39, 0.29) is 11.9 Å². The third-order valence-corrected chi connectivity index (χ3v) is 3.89. The van der Waals surface area contributed by atoms with E-state index >= 15 is 0 Å². The Bertz CT molecular complexity index is 240. The van der Waals surface area contributed by atoms with E-state index in [1.54, 1.807) is 0 Å². The third-order valence-electron chi connectivity index (χ3n) is 3.89. The number of hydrogen-bond acceptors (Lipinski definition) is 2. The smallest absolute Gasteiger partial charge is 0.236 e. The summed E-state index contributed by atoms with van der Waals surface area (Å²) >= 11 is 0. The van der Waals surface area contributed by atoms with Gasteiger partial charge in [0, 0.05) is 6.54 Å². The Morgan fingerprint density at radius 2 is 2.00 bits per heavy atom. The van der Waals surface area contributed by atoms with Gasteiger partial charge in [-0.25, -0.2) is 0 Å². The molecule has 100 valence electrons. The predicted molar refractivity (Wildman–Crippen MR) is 71.6 cm³/mol. The monoisotopic (exact) mass is 240 g/mol. The molecule has 1 aliphatic rings. The normalized spacial score (nSPS) is 26.9. The lowest BCUT2D eigenvalue weighted by Crippen LogP contribution is -2.44. The van der Waals surface area contributed by atoms with Crippen LogP contribution in [-0.4, -0.2) is 18.5 Å². The number of nitrogens with one attached hydrogen (secondary N) is 1. The van der Waals surface area contributed by atoms with E-state index in [0.29, 0.717) is 11.8 Å². The van der Waals surface area contributed by atoms with Crippen molar-refractivity contribution in [1.82, 2.24) is 5.32 Å². The van der Waals surface area contributed by atoms with Crippen molar-refractivity contribution in [3.63, 3.8) is 0 Å². The van der Waals surface area contributed by atoms with Crippen molar-refractivity contribution in [2.45, 2.75) is 58.9 Å². The van der Waals surface area contributed by atoms with Crippen molar-refractivity contribution in [2.24, 2.45) is 23.5 Å². The lowest BCUT2D eigenvalue weighted by Gasteiger charge is -2.29. The molecule has 3 N–H and O–H groups in total. The molecule has 1 aliphatic carbocycles. The molecule has 0 heterocycles. The van der Waals surface area contributed by atoms with Crippen LogP contribution in [0.5, 0.6) is 0 Å². The van der Waals surface area contributed by atoms with Crippen molar-refractivity contribution in [1.29, 1.82) is 0 Å². The number of hydrogen-bond donors (Lipinski definition) is 2. The van der Waals surface area contributed by atoms with Crippen LogP contribution in [0.25, 0.3) is 0 Å². The minimum Gasteiger partial charge on any atom is -0.354 e. The topological polar surface area (TPSA) is 55.1 Å². The van der Waals surface area contributed by atoms with E-state index in [0.717, 1.165) is 18.9 Å². The summed E-state index contributed by atoms with van der Waals surface area (Å²) in [6, 6.07) is -0.339. The Balaban J connectivity index is 2.26. The summed E-state index contributed by atoms with van der Waals surface area (Å²) in [5.41, 5.74) is 5.86. The molecule has 1 rings (SSSR count). The highest BCUT2D eigenvalue weighted by Crippen LogP contribution is 2.28. The lowest BCUT2D eigenvalue weighted by atomic mass is 9.80. The van der Waals surface area contributed by atoms with Gasteiger partial charge in [0.1, 0.15) is 0 Å². The highest BCUT2D eigenvalue weighted by molar-refractivity contribution is 5.81. The zero-order chi connectivity index (χ0) is 12.8. The second-order valence-corrected chi connectivity index (χ2v) is 6.00. The van der Waals surface area contributed by atoms with Crippen molar-refractivity contribution >= 4 is 5.91 Å². The zero-order valence-corrected chi connectivity index (χ0v) is 11.5. The first-order valence-electron chi connectivity index (χ1n) is 7.04. The predicted octanol–water partition coefficient (Wildman–Crippen LogP) is 2.30. The van der Waals surface area contributed by atoms with Crippen LogP contribution in [0.3, 0.4) is 0 Å². The molecule has 3 unspecified atom stereocenters. The van der Waals surface area contributed by atoms with Gasteiger partial charge in [-0.05, 0) is 30.6 Å². The number of amides is 1. The van der Waals surface area contributed by atoms with Gasteiger partial charge in [-0.2, -0.15) is 0 Å². The molecule has 0 radical (unpaired) electrons. The number of carbonyl (C=O) groups is 1. The van der Waals surface area contributed by atoms with Crippen LogP contribution in [0, 0.1) is 17.8 Å². The van der Waals surface area contributed by atoms with Gasteiger partial charge in [0.05, 0.1) is 6.04 Å². The molecule has 1 amide bonds. The molecule has 0 aromatic heterocycles. The van der Waals surface area contributed by atoms with Gasteiger partial charge in [-0.3, -0.25) is 4.79 Å². The van der Waals surface area contributed by atoms with Crippen molar-refractivity contribution in [3.8, 4) is 0 Å². The Hall–Kier alpha value is -0.570. The average Bonchev–Trinajstić information content (AvgIpc) is 2.26. The summed E-state index contributed by atoms with van der Waals surface area (Å²) < 4.78 is 0. The fourth-order valence-corrected chi connectivity index (χ4v) is 2.67. The molecule has 3 atom stereocenters. The van der Waals surface area contributed by atoms with Gasteiger partial charge in [0.2, 0.25) is 5.91 Å². The minimum atomic E-state index is -0.339. The molecule has 0 aliphatic heterocycles. The average molecular weight is 240 g/mol. The van der Waals surface area contributed by atoms with Gasteiger partial charge in [-0.15, -0.1) is 0 Å². The van der Waals surface area contributed by atoms with E-state index in [1.807, 2.05) is 0 Å². The lowest BCUT2D eigenvalue weighted by molar-refractivity contribution is -0.123. The molecular formula is C14H28N2O. The molecule has 0 spiro atoms. The molecule has 0 saturated heterocycles. The SMILES string of the molecule is CC(C)CC(N)C(=O)NCC1CCCCC1C. The standard InChI is InChI=1S/C14H28N2O/c1-10(2)8-13(15)14(17)16-9-12-7-5-4-6-11(12)3/h10-13H,4-9,15H2,1-3H3,(H,16,17). The maximum absolute atomic E-state index is 11.8. The number of nitrogens with two attached hydrogens (primary N) is 1. The Kier molecular flexibility index (Phi) is 5.96. The summed E-state index contributed by atoms with van der Waals surface area (Å²) in [6.07, 6.45) is 5.98. The van der Waals surface area contributed by atoms with Crippen LogP contribution in [0.4, 0.5) is 0 Å². The Labute approximate surface area is 106 Å². The van der Waals surface area contributed by atoms with E-state index < -0.39 is 0 Å². The fraction of sp³-hybridized carbons (Fsp3) is 0.929. The summed E-state index contributed by atoms with van der Waals surface area (Å²) in [7, 11) is 0. The van der Waals surface area contributed by atoms with Crippen LogP contribution in [0.15, 0.2) is 0 Å². The molecule has 3 heteroatoms. The zero-order valence-electron chi connectivity index (χ0n) is 11.5. The second-order valence-electron chi connectivity index (χ2n) is 6.00. The summed E-state index contributed by atoms with van der Waals surface area (Å²) in [6.45, 7) is 7.29. The van der Waals surface area contributed by atoms with Crippen LogP contribution >= 0.6 is 0 Å². The van der Waals surface area contributed by atoms with Gasteiger partial charge < -0.3 is 11.1 Å². The van der Waals surface area contributed by atoms with Gasteiger partial charge in [0.25, 0.3) is 0 Å². The third kappa shape index (κ3) is 5.07. The Morgan fingerprint density at radius 3 is 2.59 bits per heavy atom. The fourth-order valence-electron chi connectivity index (χ4n) is 2.67. The highest BCUT2D eigenvalue weighted by Gasteiger charge is 2.22. The van der Waals surface area contributed by atoms with Crippen molar-refractivity contribution < 1.29 is 4.79 Å². The molecule has 1 saturated carbocycles. The molecule has 0 aromatic carbocycles. The second kappa shape index (κ2) is 7.00. The number of rotatable bonds is 5. The van der Waals surface area contributed by atoms with E-state index in [9.17, 15) is 4.79 Å². The quantitative estimate of drug-likeness (QED) is 0.774. The van der Waals surface area contributed by atoms with Crippen LogP contribution in [0.1, 0.15) is 52.9 Å². The van der Waals surface area contributed by atoms with E-state index in [4.69, 9.17) is 5.73 Å². The molecule has 17 heavy (non-hydrogen) atoms. The molecule has 0 aromatic rings. The number of carbonyl (C=O) groups excluding carboxylic acids is 1. The molecule has 3 nitrogen and oxygen atoms in total. The largest absolute Gasteiger partial charge is 0.354 e. The summed E-state index contributed by atoms with van der Waals surface area (Å²) in [4.78, 5) is 11.8. The van der Waals surface area contributed by atoms with Gasteiger partial charge in [0.15, 0.2) is 0 Å². The maximum Gasteiger partial charge on any atom is 0.236 e. The first kappa shape index (κ1) is 14.5. The van der Waals surface area contributed by atoms with Crippen molar-refractivity contribution in [2.75, 3.05) is 6.54 Å². The molecule has 0 bridgehead atoms.